The Morgan fingerprint density at radius 3 is 2.79 bits per heavy atom. The van der Waals surface area contributed by atoms with E-state index in [1.165, 1.54) is 6.92 Å². The fourth-order valence-electron chi connectivity index (χ4n) is 1.50. The maximum absolute atomic E-state index is 9.47. The second kappa shape index (κ2) is 3.98. The van der Waals surface area contributed by atoms with Crippen molar-refractivity contribution in [3.05, 3.63) is 12.7 Å². The van der Waals surface area contributed by atoms with Crippen LogP contribution in [0.2, 0.25) is 0 Å². The van der Waals surface area contributed by atoms with Gasteiger partial charge in [-0.1, -0.05) is 6.08 Å². The van der Waals surface area contributed by atoms with Gasteiger partial charge in [-0.15, -0.1) is 6.58 Å². The number of aliphatic hydroxyl groups is 1. The van der Waals surface area contributed by atoms with Crippen molar-refractivity contribution < 1.29 is 19.3 Å². The molecule has 1 rings (SSSR count). The molecular weight excluding hydrogens is 184 g/mol. The predicted octanol–water partition coefficient (Wildman–Crippen LogP) is 1.05. The van der Waals surface area contributed by atoms with Crippen molar-refractivity contribution in [1.82, 2.24) is 0 Å². The molecule has 0 aliphatic carbocycles. The Hall–Kier alpha value is -0.420. The van der Waals surface area contributed by atoms with Gasteiger partial charge in [-0.25, -0.2) is 0 Å². The summed E-state index contributed by atoms with van der Waals surface area (Å²) in [7, 11) is 1.61. The third kappa shape index (κ3) is 2.33. The van der Waals surface area contributed by atoms with E-state index < -0.39 is 11.6 Å². The van der Waals surface area contributed by atoms with Crippen LogP contribution in [0.3, 0.4) is 0 Å². The molecule has 1 aliphatic heterocycles. The first kappa shape index (κ1) is 11.7. The summed E-state index contributed by atoms with van der Waals surface area (Å²) >= 11 is 0. The smallest absolute Gasteiger partial charge is 0.277 e. The predicted molar refractivity (Wildman–Crippen MR) is 51.7 cm³/mol. The Morgan fingerprint density at radius 2 is 2.43 bits per heavy atom. The molecule has 0 bridgehead atoms. The lowest BCUT2D eigenvalue weighted by atomic mass is 9.95. The molecular formula is C10H18O4. The van der Waals surface area contributed by atoms with Crippen molar-refractivity contribution in [3.63, 3.8) is 0 Å². The quantitative estimate of drug-likeness (QED) is 0.692. The molecule has 1 aliphatic rings. The standard InChI is InChI=1S/C10H18O4/c1-5-6-9(2,12-4)8-7-13-10(3,11)14-8/h5,8,11H,1,6-7H2,2-4H3/t8-,9-,10-/m1/s1. The van der Waals surface area contributed by atoms with Gasteiger partial charge in [0.25, 0.3) is 5.97 Å². The van der Waals surface area contributed by atoms with E-state index in [0.29, 0.717) is 13.0 Å². The summed E-state index contributed by atoms with van der Waals surface area (Å²) < 4.78 is 15.8. The molecule has 82 valence electrons. The van der Waals surface area contributed by atoms with E-state index >= 15 is 0 Å². The number of hydrogen-bond acceptors (Lipinski definition) is 4. The first-order valence-corrected chi connectivity index (χ1v) is 4.64. The van der Waals surface area contributed by atoms with Gasteiger partial charge in [0.05, 0.1) is 12.2 Å². The molecule has 0 aromatic carbocycles. The van der Waals surface area contributed by atoms with E-state index in [9.17, 15) is 5.11 Å². The second-order valence-corrected chi connectivity index (χ2v) is 3.82. The summed E-state index contributed by atoms with van der Waals surface area (Å²) in [5.41, 5.74) is -0.498. The molecule has 1 saturated heterocycles. The van der Waals surface area contributed by atoms with Crippen LogP contribution >= 0.6 is 0 Å². The lowest BCUT2D eigenvalue weighted by Crippen LogP contribution is -2.43. The van der Waals surface area contributed by atoms with Crippen LogP contribution in [-0.4, -0.2) is 36.5 Å². The number of rotatable bonds is 4. The van der Waals surface area contributed by atoms with Crippen LogP contribution in [0.1, 0.15) is 20.3 Å². The van der Waals surface area contributed by atoms with Gasteiger partial charge in [-0.2, -0.15) is 0 Å². The Kier molecular flexibility index (Phi) is 3.32. The van der Waals surface area contributed by atoms with Crippen LogP contribution in [0.15, 0.2) is 12.7 Å². The highest BCUT2D eigenvalue weighted by Crippen LogP contribution is 2.31. The van der Waals surface area contributed by atoms with Crippen LogP contribution < -0.4 is 0 Å². The lowest BCUT2D eigenvalue weighted by molar-refractivity contribution is -0.307. The summed E-state index contributed by atoms with van der Waals surface area (Å²) in [4.78, 5) is 0. The molecule has 0 unspecified atom stereocenters. The first-order valence-electron chi connectivity index (χ1n) is 4.64. The summed E-state index contributed by atoms with van der Waals surface area (Å²) in [5, 5.41) is 9.47. The van der Waals surface area contributed by atoms with E-state index in [1.807, 2.05) is 6.92 Å². The molecule has 3 atom stereocenters. The summed E-state index contributed by atoms with van der Waals surface area (Å²) in [6, 6.07) is 0. The normalized spacial score (nSPS) is 36.7. The van der Waals surface area contributed by atoms with Gasteiger partial charge in [0.2, 0.25) is 0 Å². The summed E-state index contributed by atoms with van der Waals surface area (Å²) in [6.07, 6.45) is 2.13. The van der Waals surface area contributed by atoms with Crippen LogP contribution in [0.25, 0.3) is 0 Å². The fourth-order valence-corrected chi connectivity index (χ4v) is 1.50. The third-order valence-corrected chi connectivity index (χ3v) is 2.56. The monoisotopic (exact) mass is 202 g/mol. The Bertz CT molecular complexity index is 214. The zero-order valence-corrected chi connectivity index (χ0v) is 8.95. The topological polar surface area (TPSA) is 47.9 Å². The molecule has 1 N–H and O–H groups in total. The molecule has 14 heavy (non-hydrogen) atoms. The Labute approximate surface area is 84.5 Å². The van der Waals surface area contributed by atoms with Crippen LogP contribution in [-0.2, 0) is 14.2 Å². The fraction of sp³-hybridized carbons (Fsp3) is 0.800. The molecule has 4 heteroatoms. The maximum atomic E-state index is 9.47. The van der Waals surface area contributed by atoms with Crippen LogP contribution in [0.5, 0.6) is 0 Å². The van der Waals surface area contributed by atoms with E-state index in [0.717, 1.165) is 0 Å². The largest absolute Gasteiger partial charge is 0.375 e. The minimum absolute atomic E-state index is 0.277. The number of ether oxygens (including phenoxy) is 3. The average Bonchev–Trinajstić information content (AvgIpc) is 2.47. The van der Waals surface area contributed by atoms with Crippen LogP contribution in [0, 0.1) is 0 Å². The highest BCUT2D eigenvalue weighted by Gasteiger charge is 2.45. The number of hydrogen-bond donors (Lipinski definition) is 1. The van der Waals surface area contributed by atoms with Gasteiger partial charge in [0.1, 0.15) is 6.10 Å². The highest BCUT2D eigenvalue weighted by atomic mass is 16.9. The molecule has 1 fully saturated rings. The van der Waals surface area contributed by atoms with E-state index in [-0.39, 0.29) is 6.10 Å². The minimum Gasteiger partial charge on any atom is -0.375 e. The molecule has 0 aromatic rings. The molecule has 0 amide bonds. The highest BCUT2D eigenvalue weighted by molar-refractivity contribution is 4.93. The molecule has 0 aromatic heterocycles. The minimum atomic E-state index is -1.49. The SMILES string of the molecule is C=CC[C@@](C)(OC)[C@H]1CO[C@@](C)(O)O1. The van der Waals surface area contributed by atoms with E-state index in [1.54, 1.807) is 13.2 Å². The average molecular weight is 202 g/mol. The molecule has 1 heterocycles. The van der Waals surface area contributed by atoms with Crippen molar-refractivity contribution in [1.29, 1.82) is 0 Å². The van der Waals surface area contributed by atoms with Gasteiger partial charge in [0, 0.05) is 14.0 Å². The van der Waals surface area contributed by atoms with Crippen molar-refractivity contribution in [3.8, 4) is 0 Å². The van der Waals surface area contributed by atoms with E-state index in [4.69, 9.17) is 14.2 Å². The lowest BCUT2D eigenvalue weighted by Gasteiger charge is -2.32. The maximum Gasteiger partial charge on any atom is 0.277 e. The van der Waals surface area contributed by atoms with Gasteiger partial charge in [-0.05, 0) is 13.3 Å². The summed E-state index contributed by atoms with van der Waals surface area (Å²) in [6.45, 7) is 7.36. The van der Waals surface area contributed by atoms with Crippen molar-refractivity contribution >= 4 is 0 Å². The zero-order valence-electron chi connectivity index (χ0n) is 8.95. The third-order valence-electron chi connectivity index (χ3n) is 2.56. The van der Waals surface area contributed by atoms with Crippen molar-refractivity contribution in [2.75, 3.05) is 13.7 Å². The molecule has 0 spiro atoms. The number of methoxy groups -OCH3 is 1. The molecule has 4 nitrogen and oxygen atoms in total. The summed E-state index contributed by atoms with van der Waals surface area (Å²) in [5.74, 6) is -1.49. The Morgan fingerprint density at radius 1 is 1.79 bits per heavy atom. The van der Waals surface area contributed by atoms with Gasteiger partial charge >= 0.3 is 0 Å². The molecule has 0 saturated carbocycles. The van der Waals surface area contributed by atoms with Gasteiger partial charge in [-0.3, -0.25) is 0 Å². The van der Waals surface area contributed by atoms with Crippen molar-refractivity contribution in [2.24, 2.45) is 0 Å². The van der Waals surface area contributed by atoms with Gasteiger partial charge < -0.3 is 19.3 Å². The van der Waals surface area contributed by atoms with Gasteiger partial charge in [0.15, 0.2) is 0 Å². The first-order chi connectivity index (χ1) is 6.43. The van der Waals surface area contributed by atoms with Crippen molar-refractivity contribution in [2.45, 2.75) is 37.9 Å². The Balaban J connectivity index is 2.67. The second-order valence-electron chi connectivity index (χ2n) is 3.82. The molecule has 0 radical (unpaired) electrons. The van der Waals surface area contributed by atoms with E-state index in [2.05, 4.69) is 6.58 Å². The zero-order chi connectivity index (χ0) is 10.8. The van der Waals surface area contributed by atoms with Crippen LogP contribution in [0.4, 0.5) is 0 Å².